The van der Waals surface area contributed by atoms with E-state index in [9.17, 15) is 22.8 Å². The third-order valence-electron chi connectivity index (χ3n) is 5.32. The number of nitrogens with one attached hydrogen (secondary N) is 1. The molecule has 0 aliphatic heterocycles. The van der Waals surface area contributed by atoms with Crippen molar-refractivity contribution in [1.29, 1.82) is 0 Å². The van der Waals surface area contributed by atoms with Gasteiger partial charge in [0, 0.05) is 11.4 Å². The number of rotatable bonds is 10. The Labute approximate surface area is 205 Å². The van der Waals surface area contributed by atoms with Crippen molar-refractivity contribution in [1.82, 2.24) is 5.32 Å². The van der Waals surface area contributed by atoms with Gasteiger partial charge in [0.2, 0.25) is 0 Å². The molecule has 1 aromatic heterocycles. The quantitative estimate of drug-likeness (QED) is 0.344. The van der Waals surface area contributed by atoms with Crippen LogP contribution in [0.25, 0.3) is 11.1 Å². The van der Waals surface area contributed by atoms with Gasteiger partial charge in [-0.1, -0.05) is 25.1 Å². The molecular weight excluding hydrogens is 479 g/mol. The molecule has 1 amide bonds. The highest BCUT2D eigenvalue weighted by Gasteiger charge is 2.30. The van der Waals surface area contributed by atoms with Crippen LogP contribution >= 0.6 is 11.3 Å². The van der Waals surface area contributed by atoms with Crippen molar-refractivity contribution >= 4 is 23.2 Å². The van der Waals surface area contributed by atoms with E-state index in [1.165, 1.54) is 23.5 Å². The van der Waals surface area contributed by atoms with Gasteiger partial charge in [-0.15, -0.1) is 11.3 Å². The second-order valence-electron chi connectivity index (χ2n) is 8.34. The van der Waals surface area contributed by atoms with Crippen LogP contribution in [0.2, 0.25) is 0 Å². The zero-order valence-electron chi connectivity index (χ0n) is 19.3. The van der Waals surface area contributed by atoms with Crippen LogP contribution in [-0.2, 0) is 17.4 Å². The number of aliphatic carboxylic acids is 1. The van der Waals surface area contributed by atoms with Crippen molar-refractivity contribution in [2.45, 2.75) is 32.9 Å². The summed E-state index contributed by atoms with van der Waals surface area (Å²) in [5.41, 5.74) is 1.76. The number of benzene rings is 2. The molecule has 0 radical (unpaired) electrons. The molecule has 0 spiro atoms. The SMILES string of the molecule is Cc1cc(OCC(C)Cc2ccc(C(=O)NCCC(=O)O)s2)ccc1-c1ccc(C(F)(F)F)cc1. The molecular formula is C26H26F3NO4S. The van der Waals surface area contributed by atoms with Crippen LogP contribution in [0, 0.1) is 12.8 Å². The molecule has 0 bridgehead atoms. The molecule has 1 atom stereocenters. The predicted octanol–water partition coefficient (Wildman–Crippen LogP) is 6.20. The van der Waals surface area contributed by atoms with Gasteiger partial charge < -0.3 is 15.2 Å². The Kier molecular flexibility index (Phi) is 8.56. The Hall–Kier alpha value is -3.33. The van der Waals surface area contributed by atoms with Crippen molar-refractivity contribution in [3.8, 4) is 16.9 Å². The molecule has 3 rings (SSSR count). The first kappa shape index (κ1) is 26.3. The summed E-state index contributed by atoms with van der Waals surface area (Å²) < 4.78 is 44.3. The zero-order valence-corrected chi connectivity index (χ0v) is 20.1. The fourth-order valence-electron chi connectivity index (χ4n) is 3.51. The predicted molar refractivity (Wildman–Crippen MR) is 129 cm³/mol. The topological polar surface area (TPSA) is 75.6 Å². The van der Waals surface area contributed by atoms with Crippen LogP contribution in [0.4, 0.5) is 13.2 Å². The average Bonchev–Trinajstić information content (AvgIpc) is 3.25. The summed E-state index contributed by atoms with van der Waals surface area (Å²) >= 11 is 1.37. The third kappa shape index (κ3) is 7.58. The van der Waals surface area contributed by atoms with Crippen LogP contribution in [0.15, 0.2) is 54.6 Å². The molecule has 0 aliphatic rings. The number of amides is 1. The molecule has 0 saturated carbocycles. The van der Waals surface area contributed by atoms with Gasteiger partial charge in [-0.3, -0.25) is 9.59 Å². The molecule has 2 aromatic carbocycles. The van der Waals surface area contributed by atoms with Crippen molar-refractivity contribution < 1.29 is 32.6 Å². The Morgan fingerprint density at radius 2 is 1.80 bits per heavy atom. The van der Waals surface area contributed by atoms with Gasteiger partial charge in [0.1, 0.15) is 5.75 Å². The van der Waals surface area contributed by atoms with Gasteiger partial charge in [0.05, 0.1) is 23.5 Å². The number of carbonyl (C=O) groups excluding carboxylic acids is 1. The summed E-state index contributed by atoms with van der Waals surface area (Å²) in [5.74, 6) is -0.397. The molecule has 186 valence electrons. The van der Waals surface area contributed by atoms with Crippen LogP contribution in [0.1, 0.15) is 39.0 Å². The molecule has 0 aliphatic carbocycles. The number of aryl methyl sites for hydroxylation is 1. The lowest BCUT2D eigenvalue weighted by Crippen LogP contribution is -2.25. The van der Waals surface area contributed by atoms with Crippen molar-refractivity contribution in [2.24, 2.45) is 5.92 Å². The Morgan fingerprint density at radius 1 is 1.09 bits per heavy atom. The Morgan fingerprint density at radius 3 is 2.43 bits per heavy atom. The second kappa shape index (κ2) is 11.4. The Bertz CT molecular complexity index is 1170. The molecule has 0 saturated heterocycles. The normalized spacial score (nSPS) is 12.3. The fraction of sp³-hybridized carbons (Fsp3) is 0.308. The summed E-state index contributed by atoms with van der Waals surface area (Å²) in [7, 11) is 0. The summed E-state index contributed by atoms with van der Waals surface area (Å²) in [5, 5.41) is 11.2. The van der Waals surface area contributed by atoms with Crippen molar-refractivity contribution in [3.63, 3.8) is 0 Å². The number of carboxylic acid groups (broad SMARTS) is 1. The number of halogens is 3. The lowest BCUT2D eigenvalue weighted by molar-refractivity contribution is -0.138. The number of ether oxygens (including phenoxy) is 1. The third-order valence-corrected chi connectivity index (χ3v) is 6.42. The highest BCUT2D eigenvalue weighted by atomic mass is 32.1. The smallest absolute Gasteiger partial charge is 0.416 e. The first-order valence-electron chi connectivity index (χ1n) is 11.0. The molecule has 1 heterocycles. The van der Waals surface area contributed by atoms with E-state index in [2.05, 4.69) is 5.32 Å². The van der Waals surface area contributed by atoms with E-state index in [1.807, 2.05) is 32.0 Å². The highest BCUT2D eigenvalue weighted by Crippen LogP contribution is 2.32. The standard InChI is InChI=1S/C26H26F3NO4S/c1-16(13-21-8-10-23(35-21)25(33)30-12-11-24(31)32)15-34-20-7-9-22(17(2)14-20)18-3-5-19(6-4-18)26(27,28)29/h3-10,14,16H,11-13,15H2,1-2H3,(H,30,33)(H,31,32). The number of carboxylic acids is 1. The molecule has 0 fully saturated rings. The van der Waals surface area contributed by atoms with Gasteiger partial charge in [-0.25, -0.2) is 0 Å². The number of thiophene rings is 1. The summed E-state index contributed by atoms with van der Waals surface area (Å²) in [4.78, 5) is 24.2. The van der Waals surface area contributed by atoms with Gasteiger partial charge in [0.25, 0.3) is 5.91 Å². The lowest BCUT2D eigenvalue weighted by atomic mass is 9.99. The maximum Gasteiger partial charge on any atom is 0.416 e. The summed E-state index contributed by atoms with van der Waals surface area (Å²) in [6, 6.07) is 14.2. The fourth-order valence-corrected chi connectivity index (χ4v) is 4.60. The van der Waals surface area contributed by atoms with Crippen molar-refractivity contribution in [2.75, 3.05) is 13.2 Å². The largest absolute Gasteiger partial charge is 0.493 e. The minimum Gasteiger partial charge on any atom is -0.493 e. The van der Waals surface area contributed by atoms with Gasteiger partial charge in [-0.05, 0) is 72.4 Å². The molecule has 3 aromatic rings. The van der Waals surface area contributed by atoms with Crippen molar-refractivity contribution in [3.05, 3.63) is 75.5 Å². The average molecular weight is 506 g/mol. The van der Waals surface area contributed by atoms with E-state index in [0.29, 0.717) is 22.8 Å². The number of hydrogen-bond donors (Lipinski definition) is 2. The number of carbonyl (C=O) groups is 2. The maximum absolute atomic E-state index is 12.8. The Balaban J connectivity index is 1.53. The van der Waals surface area contributed by atoms with Gasteiger partial charge >= 0.3 is 12.1 Å². The van der Waals surface area contributed by atoms with E-state index in [0.717, 1.165) is 34.6 Å². The van der Waals surface area contributed by atoms with E-state index in [-0.39, 0.29) is 24.8 Å². The molecule has 2 N–H and O–H groups in total. The van der Waals surface area contributed by atoms with E-state index < -0.39 is 17.7 Å². The van der Waals surface area contributed by atoms with Crippen LogP contribution in [0.3, 0.4) is 0 Å². The van der Waals surface area contributed by atoms with Crippen LogP contribution in [0.5, 0.6) is 5.75 Å². The minimum absolute atomic E-state index is 0.0860. The maximum atomic E-state index is 12.8. The van der Waals surface area contributed by atoms with Crippen LogP contribution in [-0.4, -0.2) is 30.1 Å². The lowest BCUT2D eigenvalue weighted by Gasteiger charge is -2.14. The minimum atomic E-state index is -4.36. The summed E-state index contributed by atoms with van der Waals surface area (Å²) in [6.45, 7) is 4.47. The summed E-state index contributed by atoms with van der Waals surface area (Å²) in [6.07, 6.45) is -3.76. The van der Waals surface area contributed by atoms with Gasteiger partial charge in [-0.2, -0.15) is 13.2 Å². The van der Waals surface area contributed by atoms with Gasteiger partial charge in [0.15, 0.2) is 0 Å². The molecule has 5 nitrogen and oxygen atoms in total. The zero-order chi connectivity index (χ0) is 25.6. The van der Waals surface area contributed by atoms with Crippen LogP contribution < -0.4 is 10.1 Å². The first-order valence-corrected chi connectivity index (χ1v) is 11.8. The monoisotopic (exact) mass is 505 g/mol. The first-order chi connectivity index (χ1) is 16.5. The highest BCUT2D eigenvalue weighted by molar-refractivity contribution is 7.14. The molecule has 1 unspecified atom stereocenters. The second-order valence-corrected chi connectivity index (χ2v) is 9.51. The van der Waals surface area contributed by atoms with E-state index >= 15 is 0 Å². The number of alkyl halides is 3. The molecule has 35 heavy (non-hydrogen) atoms. The van der Waals surface area contributed by atoms with E-state index in [4.69, 9.17) is 9.84 Å². The molecule has 9 heteroatoms. The number of hydrogen-bond acceptors (Lipinski definition) is 4. The van der Waals surface area contributed by atoms with E-state index in [1.54, 1.807) is 12.1 Å².